The molecule has 6 heteroatoms. The molecule has 4 rings (SSSR count). The van der Waals surface area contributed by atoms with Gasteiger partial charge in [0.05, 0.1) is 24.3 Å². The molecule has 1 fully saturated rings. The molecule has 2 heterocycles. The van der Waals surface area contributed by atoms with Crippen molar-refractivity contribution in [2.45, 2.75) is 46.1 Å². The van der Waals surface area contributed by atoms with E-state index < -0.39 is 17.7 Å². The normalized spacial score (nSPS) is 17.7. The standard InChI is InChI=1S/C29H30N2O4/c1-17-9-10-18(2)22(14-17)31-25(19-8-7-13-30-16-19)24(27(33)28(31)34)26(32)21-15-20(29(3,4)5)11-12-23(21)35-6/h7-16,25,32H,1-6H3/b26-24+. The topological polar surface area (TPSA) is 79.7 Å². The molecule has 1 saturated heterocycles. The Kier molecular flexibility index (Phi) is 6.24. The van der Waals surface area contributed by atoms with Gasteiger partial charge in [0.25, 0.3) is 11.7 Å². The Morgan fingerprint density at radius 1 is 1.06 bits per heavy atom. The van der Waals surface area contributed by atoms with Crippen molar-refractivity contribution < 1.29 is 19.4 Å². The van der Waals surface area contributed by atoms with Crippen LogP contribution in [0.1, 0.15) is 54.6 Å². The molecule has 1 aliphatic heterocycles. The minimum absolute atomic E-state index is 0.00765. The lowest BCUT2D eigenvalue weighted by Crippen LogP contribution is -2.30. The fourth-order valence-electron chi connectivity index (χ4n) is 4.42. The lowest BCUT2D eigenvalue weighted by atomic mass is 9.85. The van der Waals surface area contributed by atoms with Crippen LogP contribution in [0.4, 0.5) is 5.69 Å². The number of pyridine rings is 1. The summed E-state index contributed by atoms with van der Waals surface area (Å²) in [4.78, 5) is 32.6. The Bertz CT molecular complexity index is 1340. The van der Waals surface area contributed by atoms with Gasteiger partial charge in [0.15, 0.2) is 0 Å². The fraction of sp³-hybridized carbons (Fsp3) is 0.276. The molecule has 3 aromatic rings. The second-order valence-corrected chi connectivity index (χ2v) is 9.91. The summed E-state index contributed by atoms with van der Waals surface area (Å²) in [5, 5.41) is 11.6. The highest BCUT2D eigenvalue weighted by Gasteiger charge is 2.47. The van der Waals surface area contributed by atoms with Crippen molar-refractivity contribution in [3.8, 4) is 5.75 Å². The first-order valence-electron chi connectivity index (χ1n) is 11.5. The smallest absolute Gasteiger partial charge is 0.300 e. The molecule has 2 aromatic carbocycles. The van der Waals surface area contributed by atoms with Gasteiger partial charge in [-0.15, -0.1) is 0 Å². The average molecular weight is 471 g/mol. The van der Waals surface area contributed by atoms with E-state index in [-0.39, 0.29) is 16.7 Å². The van der Waals surface area contributed by atoms with Crippen LogP contribution in [0.15, 0.2) is 66.5 Å². The van der Waals surface area contributed by atoms with Crippen LogP contribution in [-0.4, -0.2) is 28.9 Å². The Hall–Kier alpha value is -3.93. The van der Waals surface area contributed by atoms with E-state index in [4.69, 9.17) is 4.74 Å². The molecule has 1 aromatic heterocycles. The molecule has 180 valence electrons. The monoisotopic (exact) mass is 470 g/mol. The van der Waals surface area contributed by atoms with Crippen molar-refractivity contribution in [3.63, 3.8) is 0 Å². The number of methoxy groups -OCH3 is 1. The number of Topliss-reactive ketones (excluding diaryl/α,β-unsaturated/α-hetero) is 1. The Balaban J connectivity index is 2.02. The van der Waals surface area contributed by atoms with Gasteiger partial charge in [0.1, 0.15) is 11.5 Å². The minimum Gasteiger partial charge on any atom is -0.507 e. The van der Waals surface area contributed by atoms with Crippen molar-refractivity contribution in [3.05, 3.63) is 94.3 Å². The van der Waals surface area contributed by atoms with Crippen LogP contribution in [0.5, 0.6) is 5.75 Å². The molecule has 0 bridgehead atoms. The number of ether oxygens (including phenoxy) is 1. The van der Waals surface area contributed by atoms with Crippen LogP contribution in [-0.2, 0) is 15.0 Å². The van der Waals surface area contributed by atoms with Gasteiger partial charge in [0.2, 0.25) is 0 Å². The number of aromatic nitrogens is 1. The number of aliphatic hydroxyl groups excluding tert-OH is 1. The SMILES string of the molecule is COc1ccc(C(C)(C)C)cc1/C(O)=C1\C(=O)C(=O)N(c2cc(C)ccc2C)C1c1cccnc1. The van der Waals surface area contributed by atoms with Crippen molar-refractivity contribution >= 4 is 23.1 Å². The number of carbonyl (C=O) groups excluding carboxylic acids is 2. The van der Waals surface area contributed by atoms with E-state index in [1.807, 2.05) is 44.2 Å². The average Bonchev–Trinajstić information content (AvgIpc) is 3.10. The third-order valence-electron chi connectivity index (χ3n) is 6.39. The summed E-state index contributed by atoms with van der Waals surface area (Å²) in [5.41, 5.74) is 4.18. The first-order valence-corrected chi connectivity index (χ1v) is 11.5. The van der Waals surface area contributed by atoms with Crippen LogP contribution >= 0.6 is 0 Å². The third kappa shape index (κ3) is 4.32. The maximum atomic E-state index is 13.5. The maximum Gasteiger partial charge on any atom is 0.300 e. The number of anilines is 1. The quantitative estimate of drug-likeness (QED) is 0.304. The predicted molar refractivity (Wildman–Crippen MR) is 137 cm³/mol. The molecule has 6 nitrogen and oxygen atoms in total. The highest BCUT2D eigenvalue weighted by Crippen LogP contribution is 2.44. The summed E-state index contributed by atoms with van der Waals surface area (Å²) in [6.07, 6.45) is 3.24. The zero-order chi connectivity index (χ0) is 25.5. The number of rotatable bonds is 4. The van der Waals surface area contributed by atoms with Gasteiger partial charge in [0, 0.05) is 18.1 Å². The van der Waals surface area contributed by atoms with Gasteiger partial charge >= 0.3 is 0 Å². The zero-order valence-electron chi connectivity index (χ0n) is 20.9. The van der Waals surface area contributed by atoms with Crippen LogP contribution < -0.4 is 9.64 Å². The number of hydrogen-bond donors (Lipinski definition) is 1. The Morgan fingerprint density at radius 3 is 2.43 bits per heavy atom. The number of benzene rings is 2. The van der Waals surface area contributed by atoms with E-state index in [1.165, 1.54) is 12.0 Å². The first kappa shape index (κ1) is 24.2. The summed E-state index contributed by atoms with van der Waals surface area (Å²) in [7, 11) is 1.51. The van der Waals surface area contributed by atoms with Crippen molar-refractivity contribution in [1.29, 1.82) is 0 Å². The molecule has 0 saturated carbocycles. The van der Waals surface area contributed by atoms with Gasteiger partial charge in [-0.05, 0) is 65.8 Å². The lowest BCUT2D eigenvalue weighted by Gasteiger charge is -2.27. The molecule has 0 aliphatic carbocycles. The van der Waals surface area contributed by atoms with Gasteiger partial charge in [-0.2, -0.15) is 0 Å². The number of amides is 1. The molecule has 1 amide bonds. The van der Waals surface area contributed by atoms with Crippen LogP contribution in [0.3, 0.4) is 0 Å². The molecule has 0 radical (unpaired) electrons. The summed E-state index contributed by atoms with van der Waals surface area (Å²) in [5.74, 6) is -1.30. The molecule has 0 spiro atoms. The van der Waals surface area contributed by atoms with E-state index in [1.54, 1.807) is 30.6 Å². The van der Waals surface area contributed by atoms with E-state index in [0.717, 1.165) is 16.7 Å². The molecular weight excluding hydrogens is 440 g/mol. The minimum atomic E-state index is -0.841. The Labute approximate surface area is 205 Å². The highest BCUT2D eigenvalue weighted by molar-refractivity contribution is 6.51. The lowest BCUT2D eigenvalue weighted by molar-refractivity contribution is -0.132. The van der Waals surface area contributed by atoms with Crippen molar-refractivity contribution in [2.24, 2.45) is 0 Å². The molecular formula is C29H30N2O4. The molecule has 1 N–H and O–H groups in total. The summed E-state index contributed by atoms with van der Waals surface area (Å²) < 4.78 is 5.53. The number of carbonyl (C=O) groups is 2. The zero-order valence-corrected chi connectivity index (χ0v) is 20.9. The van der Waals surface area contributed by atoms with Gasteiger partial charge in [-0.1, -0.05) is 45.0 Å². The van der Waals surface area contributed by atoms with Gasteiger partial charge in [-0.25, -0.2) is 0 Å². The summed E-state index contributed by atoms with van der Waals surface area (Å²) >= 11 is 0. The van der Waals surface area contributed by atoms with Crippen molar-refractivity contribution in [1.82, 2.24) is 4.98 Å². The largest absolute Gasteiger partial charge is 0.507 e. The van der Waals surface area contributed by atoms with E-state index >= 15 is 0 Å². The van der Waals surface area contributed by atoms with Gasteiger partial charge in [-0.3, -0.25) is 19.5 Å². The molecule has 1 atom stereocenters. The first-order chi connectivity index (χ1) is 16.5. The van der Waals surface area contributed by atoms with E-state index in [9.17, 15) is 14.7 Å². The van der Waals surface area contributed by atoms with Gasteiger partial charge < -0.3 is 9.84 Å². The third-order valence-corrected chi connectivity index (χ3v) is 6.39. The maximum absolute atomic E-state index is 13.5. The number of nitrogens with zero attached hydrogens (tertiary/aromatic N) is 2. The van der Waals surface area contributed by atoms with Crippen LogP contribution in [0, 0.1) is 13.8 Å². The van der Waals surface area contributed by atoms with E-state index in [0.29, 0.717) is 22.6 Å². The molecule has 1 aliphatic rings. The summed E-state index contributed by atoms with van der Waals surface area (Å²) in [6.45, 7) is 10.0. The predicted octanol–water partition coefficient (Wildman–Crippen LogP) is 5.63. The highest BCUT2D eigenvalue weighted by atomic mass is 16.5. The number of aryl methyl sites for hydroxylation is 2. The number of aliphatic hydroxyl groups is 1. The van der Waals surface area contributed by atoms with Crippen molar-refractivity contribution in [2.75, 3.05) is 12.0 Å². The van der Waals surface area contributed by atoms with Crippen LogP contribution in [0.2, 0.25) is 0 Å². The molecule has 35 heavy (non-hydrogen) atoms. The Morgan fingerprint density at radius 2 is 1.80 bits per heavy atom. The number of ketones is 1. The number of hydrogen-bond acceptors (Lipinski definition) is 5. The molecule has 1 unspecified atom stereocenters. The van der Waals surface area contributed by atoms with E-state index in [2.05, 4.69) is 25.8 Å². The fourth-order valence-corrected chi connectivity index (χ4v) is 4.42. The van der Waals surface area contributed by atoms with Crippen LogP contribution in [0.25, 0.3) is 5.76 Å². The summed E-state index contributed by atoms with van der Waals surface area (Å²) in [6, 6.07) is 14.0. The second kappa shape index (κ2) is 9.02. The second-order valence-electron chi connectivity index (χ2n) is 9.91.